The molecule has 1 N–H and O–H groups in total. The summed E-state index contributed by atoms with van der Waals surface area (Å²) in [6, 6.07) is 6.67. The topological polar surface area (TPSA) is 70.5 Å². The monoisotopic (exact) mass is 346 g/mol. The summed E-state index contributed by atoms with van der Waals surface area (Å²) in [6.07, 6.45) is 3.67. The van der Waals surface area contributed by atoms with Crippen molar-refractivity contribution in [1.82, 2.24) is 4.98 Å². The lowest BCUT2D eigenvalue weighted by Gasteiger charge is -2.18. The Balaban J connectivity index is 1.96. The van der Waals surface area contributed by atoms with Crippen molar-refractivity contribution < 1.29 is 14.7 Å². The second kappa shape index (κ2) is 5.29. The fraction of sp³-hybridized carbons (Fsp3) is 0.133. The van der Waals surface area contributed by atoms with Gasteiger partial charge in [-0.05, 0) is 45.3 Å². The van der Waals surface area contributed by atoms with E-state index in [0.29, 0.717) is 18.7 Å². The number of aromatic nitrogens is 1. The van der Waals surface area contributed by atoms with Crippen molar-refractivity contribution in [1.29, 1.82) is 0 Å². The number of aromatic carboxylic acids is 1. The number of amides is 1. The number of carbonyl (C=O) groups is 2. The maximum Gasteiger partial charge on any atom is 0.335 e. The van der Waals surface area contributed by atoms with Gasteiger partial charge in [-0.1, -0.05) is 6.07 Å². The number of rotatable bonds is 3. The second-order valence-corrected chi connectivity index (χ2v) is 5.73. The Bertz CT molecular complexity index is 745. The van der Waals surface area contributed by atoms with Crippen LogP contribution in [0.5, 0.6) is 0 Å². The van der Waals surface area contributed by atoms with E-state index in [-0.39, 0.29) is 11.5 Å². The van der Waals surface area contributed by atoms with Crippen molar-refractivity contribution in [2.24, 2.45) is 0 Å². The summed E-state index contributed by atoms with van der Waals surface area (Å²) >= 11 is 3.35. The number of carbonyl (C=O) groups excluding carboxylic acids is 1. The minimum absolute atomic E-state index is 0.0347. The van der Waals surface area contributed by atoms with Crippen molar-refractivity contribution in [3.05, 3.63) is 57.8 Å². The Hall–Kier alpha value is -2.21. The first-order chi connectivity index (χ1) is 10.0. The van der Waals surface area contributed by atoms with Crippen LogP contribution in [0.4, 0.5) is 5.69 Å². The Labute approximate surface area is 129 Å². The lowest BCUT2D eigenvalue weighted by molar-refractivity contribution is -0.117. The average molecular weight is 347 g/mol. The van der Waals surface area contributed by atoms with E-state index in [9.17, 15) is 9.59 Å². The highest BCUT2D eigenvalue weighted by atomic mass is 79.9. The average Bonchev–Trinajstić information content (AvgIpc) is 2.74. The number of halogens is 1. The molecule has 1 aromatic heterocycles. The predicted molar refractivity (Wildman–Crippen MR) is 80.2 cm³/mol. The minimum atomic E-state index is -0.999. The van der Waals surface area contributed by atoms with Crippen LogP contribution < -0.4 is 4.90 Å². The van der Waals surface area contributed by atoms with Crippen LogP contribution in [0.1, 0.15) is 21.5 Å². The third-order valence-corrected chi connectivity index (χ3v) is 3.80. The van der Waals surface area contributed by atoms with Crippen molar-refractivity contribution in [3.63, 3.8) is 0 Å². The number of fused-ring (bicyclic) bond motifs is 1. The molecule has 21 heavy (non-hydrogen) atoms. The Morgan fingerprint density at radius 1 is 1.33 bits per heavy atom. The minimum Gasteiger partial charge on any atom is -0.478 e. The van der Waals surface area contributed by atoms with Crippen LogP contribution in [0.15, 0.2) is 41.1 Å². The summed E-state index contributed by atoms with van der Waals surface area (Å²) in [4.78, 5) is 28.9. The van der Waals surface area contributed by atoms with E-state index in [4.69, 9.17) is 5.11 Å². The van der Waals surface area contributed by atoms with Gasteiger partial charge >= 0.3 is 5.97 Å². The summed E-state index contributed by atoms with van der Waals surface area (Å²) in [5, 5.41) is 9.07. The van der Waals surface area contributed by atoms with Gasteiger partial charge < -0.3 is 10.0 Å². The lowest BCUT2D eigenvalue weighted by Crippen LogP contribution is -2.26. The molecule has 0 bridgehead atoms. The van der Waals surface area contributed by atoms with E-state index in [2.05, 4.69) is 20.9 Å². The summed E-state index contributed by atoms with van der Waals surface area (Å²) < 4.78 is 0.839. The summed E-state index contributed by atoms with van der Waals surface area (Å²) in [6.45, 7) is 0.376. The Morgan fingerprint density at radius 2 is 2.14 bits per heavy atom. The van der Waals surface area contributed by atoms with Gasteiger partial charge in [-0.25, -0.2) is 4.79 Å². The molecule has 3 rings (SSSR count). The molecule has 6 heteroatoms. The zero-order valence-electron chi connectivity index (χ0n) is 10.9. The molecule has 0 saturated carbocycles. The van der Waals surface area contributed by atoms with Crippen LogP contribution in [-0.4, -0.2) is 22.0 Å². The molecular weight excluding hydrogens is 336 g/mol. The largest absolute Gasteiger partial charge is 0.478 e. The summed E-state index contributed by atoms with van der Waals surface area (Å²) in [5.41, 5.74) is 2.58. The molecule has 1 aliphatic heterocycles. The molecule has 5 nitrogen and oxygen atoms in total. The van der Waals surface area contributed by atoms with Gasteiger partial charge in [0.1, 0.15) is 0 Å². The van der Waals surface area contributed by atoms with E-state index >= 15 is 0 Å². The fourth-order valence-electron chi connectivity index (χ4n) is 2.39. The Kier molecular flexibility index (Phi) is 3.47. The van der Waals surface area contributed by atoms with Gasteiger partial charge in [0.25, 0.3) is 0 Å². The van der Waals surface area contributed by atoms with Gasteiger partial charge in [0.2, 0.25) is 5.91 Å². The van der Waals surface area contributed by atoms with Crippen molar-refractivity contribution in [3.8, 4) is 0 Å². The quantitative estimate of drug-likeness (QED) is 0.927. The van der Waals surface area contributed by atoms with Gasteiger partial charge in [-0.3, -0.25) is 9.78 Å². The molecular formula is C15H11BrN2O3. The maximum absolute atomic E-state index is 12.1. The number of carboxylic acids is 1. The molecule has 106 valence electrons. The van der Waals surface area contributed by atoms with E-state index in [1.165, 1.54) is 6.07 Å². The van der Waals surface area contributed by atoms with E-state index < -0.39 is 5.97 Å². The van der Waals surface area contributed by atoms with Crippen LogP contribution in [0.25, 0.3) is 0 Å². The molecule has 0 atom stereocenters. The standard InChI is InChI=1S/C15H11BrN2O3/c16-12-3-9(6-17-7-12)8-18-13-4-11(15(20)21)2-1-10(13)5-14(18)19/h1-4,6-7H,5,8H2,(H,20,21). The molecule has 0 unspecified atom stereocenters. The molecule has 2 heterocycles. The van der Waals surface area contributed by atoms with Crippen molar-refractivity contribution in [2.75, 3.05) is 4.90 Å². The molecule has 0 spiro atoms. The molecule has 0 aliphatic carbocycles. The van der Waals surface area contributed by atoms with Crippen molar-refractivity contribution >= 4 is 33.5 Å². The third-order valence-electron chi connectivity index (χ3n) is 3.37. The third kappa shape index (κ3) is 2.67. The highest BCUT2D eigenvalue weighted by Crippen LogP contribution is 2.31. The molecule has 0 fully saturated rings. The van der Waals surface area contributed by atoms with Gasteiger partial charge in [0, 0.05) is 22.6 Å². The SMILES string of the molecule is O=C(O)c1ccc2c(c1)N(Cc1cncc(Br)c1)C(=O)C2. The molecule has 1 aliphatic rings. The second-order valence-electron chi connectivity index (χ2n) is 4.82. The number of hydrogen-bond acceptors (Lipinski definition) is 3. The highest BCUT2D eigenvalue weighted by molar-refractivity contribution is 9.10. The first-order valence-corrected chi connectivity index (χ1v) is 7.10. The number of carboxylic acid groups (broad SMARTS) is 1. The van der Waals surface area contributed by atoms with Crippen LogP contribution in [0, 0.1) is 0 Å². The van der Waals surface area contributed by atoms with Crippen LogP contribution >= 0.6 is 15.9 Å². The smallest absolute Gasteiger partial charge is 0.335 e. The molecule has 0 radical (unpaired) electrons. The number of pyridine rings is 1. The van der Waals surface area contributed by atoms with E-state index in [1.54, 1.807) is 29.4 Å². The summed E-state index contributed by atoms with van der Waals surface area (Å²) in [7, 11) is 0. The first kappa shape index (κ1) is 13.8. The first-order valence-electron chi connectivity index (χ1n) is 6.30. The number of benzene rings is 1. The molecule has 1 aromatic carbocycles. The van der Waals surface area contributed by atoms with E-state index in [0.717, 1.165) is 15.6 Å². The lowest BCUT2D eigenvalue weighted by atomic mass is 10.1. The predicted octanol–water partition coefficient (Wildman–Crippen LogP) is 2.63. The fourth-order valence-corrected chi connectivity index (χ4v) is 2.80. The van der Waals surface area contributed by atoms with E-state index in [1.807, 2.05) is 6.07 Å². The molecule has 0 saturated heterocycles. The zero-order chi connectivity index (χ0) is 15.0. The van der Waals surface area contributed by atoms with Gasteiger partial charge in [-0.15, -0.1) is 0 Å². The molecule has 2 aromatic rings. The number of hydrogen-bond donors (Lipinski definition) is 1. The zero-order valence-corrected chi connectivity index (χ0v) is 12.5. The number of anilines is 1. The van der Waals surface area contributed by atoms with Crippen LogP contribution in [-0.2, 0) is 17.8 Å². The number of nitrogens with zero attached hydrogens (tertiary/aromatic N) is 2. The summed E-state index contributed by atoms with van der Waals surface area (Å²) in [5.74, 6) is -1.03. The van der Waals surface area contributed by atoms with Gasteiger partial charge in [0.05, 0.1) is 18.5 Å². The van der Waals surface area contributed by atoms with Gasteiger partial charge in [0.15, 0.2) is 0 Å². The molecule has 1 amide bonds. The van der Waals surface area contributed by atoms with Gasteiger partial charge in [-0.2, -0.15) is 0 Å². The normalized spacial score (nSPS) is 13.4. The highest BCUT2D eigenvalue weighted by Gasteiger charge is 2.28. The van der Waals surface area contributed by atoms with Crippen LogP contribution in [0.2, 0.25) is 0 Å². The maximum atomic E-state index is 12.1. The Morgan fingerprint density at radius 3 is 2.86 bits per heavy atom. The van der Waals surface area contributed by atoms with Crippen LogP contribution in [0.3, 0.4) is 0 Å². The van der Waals surface area contributed by atoms with Crippen molar-refractivity contribution in [2.45, 2.75) is 13.0 Å².